The maximum Gasteiger partial charge on any atom is 0.244 e. The molecule has 7 nitrogen and oxygen atoms in total. The molecule has 7 heteroatoms. The van der Waals surface area contributed by atoms with Crippen LogP contribution >= 0.6 is 0 Å². The number of H-pyrrole nitrogens is 1. The smallest absolute Gasteiger partial charge is 0.244 e. The van der Waals surface area contributed by atoms with E-state index in [-0.39, 0.29) is 6.04 Å². The van der Waals surface area contributed by atoms with Gasteiger partial charge < -0.3 is 10.3 Å². The lowest BCUT2D eigenvalue weighted by molar-refractivity contribution is 0.312. The highest BCUT2D eigenvalue weighted by Crippen LogP contribution is 2.21. The third-order valence-corrected chi connectivity index (χ3v) is 2.61. The van der Waals surface area contributed by atoms with Crippen molar-refractivity contribution >= 4 is 0 Å². The van der Waals surface area contributed by atoms with E-state index in [1.54, 1.807) is 0 Å². The summed E-state index contributed by atoms with van der Waals surface area (Å²) in [5, 5.41) is 10.2. The van der Waals surface area contributed by atoms with Crippen LogP contribution in [-0.2, 0) is 0 Å². The summed E-state index contributed by atoms with van der Waals surface area (Å²) in [6.07, 6.45) is 2.35. The van der Waals surface area contributed by atoms with Gasteiger partial charge in [0.1, 0.15) is 6.33 Å². The molecule has 2 heterocycles. The molecule has 1 unspecified atom stereocenters. The highest BCUT2D eigenvalue weighted by atomic mass is 16.5. The van der Waals surface area contributed by atoms with Gasteiger partial charge in [-0.05, 0) is 5.92 Å². The Morgan fingerprint density at radius 3 is 3.00 bits per heavy atom. The van der Waals surface area contributed by atoms with Gasteiger partial charge in [-0.15, -0.1) is 0 Å². The van der Waals surface area contributed by atoms with Crippen molar-refractivity contribution in [2.75, 3.05) is 0 Å². The van der Waals surface area contributed by atoms with E-state index in [0.29, 0.717) is 23.5 Å². The third-order valence-electron chi connectivity index (χ3n) is 2.61. The highest BCUT2D eigenvalue weighted by molar-refractivity contribution is 5.39. The van der Waals surface area contributed by atoms with Crippen molar-refractivity contribution in [3.05, 3.63) is 12.2 Å². The Morgan fingerprint density at radius 1 is 1.56 bits per heavy atom. The molecule has 2 aromatic heterocycles. The average Bonchev–Trinajstić information content (AvgIpc) is 2.96. The number of aromatic nitrogens is 5. The Labute approximate surface area is 92.5 Å². The molecule has 86 valence electrons. The highest BCUT2D eigenvalue weighted by Gasteiger charge is 2.21. The predicted octanol–water partition coefficient (Wildman–Crippen LogP) is 0.901. The van der Waals surface area contributed by atoms with E-state index >= 15 is 0 Å². The molecule has 0 aromatic carbocycles. The number of hydrogen-bond acceptors (Lipinski definition) is 6. The molecule has 3 N–H and O–H groups in total. The zero-order valence-corrected chi connectivity index (χ0v) is 9.21. The molecular weight excluding hydrogens is 208 g/mol. The second-order valence-electron chi connectivity index (χ2n) is 3.70. The average molecular weight is 222 g/mol. The summed E-state index contributed by atoms with van der Waals surface area (Å²) < 4.78 is 5.10. The molecule has 0 spiro atoms. The van der Waals surface area contributed by atoms with Gasteiger partial charge in [-0.25, -0.2) is 4.98 Å². The lowest BCUT2D eigenvalue weighted by atomic mass is 10.0. The molecule has 0 radical (unpaired) electrons. The molecule has 0 fully saturated rings. The summed E-state index contributed by atoms with van der Waals surface area (Å²) in [5.74, 6) is 1.58. The first kappa shape index (κ1) is 10.7. The number of nitrogens with one attached hydrogen (secondary N) is 1. The van der Waals surface area contributed by atoms with Gasteiger partial charge in [-0.2, -0.15) is 10.1 Å². The van der Waals surface area contributed by atoms with E-state index in [2.05, 4.69) is 32.2 Å². The van der Waals surface area contributed by atoms with E-state index in [1.165, 1.54) is 6.33 Å². The fraction of sp³-hybridized carbons (Fsp3) is 0.556. The molecular formula is C9H14N6O. The van der Waals surface area contributed by atoms with E-state index in [0.717, 1.165) is 6.42 Å². The van der Waals surface area contributed by atoms with Crippen LogP contribution in [0.1, 0.15) is 32.2 Å². The van der Waals surface area contributed by atoms with Crippen molar-refractivity contribution in [2.45, 2.75) is 26.3 Å². The normalized spacial score (nSPS) is 14.9. The Hall–Kier alpha value is -1.76. The van der Waals surface area contributed by atoms with Crippen LogP contribution in [-0.4, -0.2) is 25.3 Å². The fourth-order valence-corrected chi connectivity index (χ4v) is 1.28. The first-order chi connectivity index (χ1) is 7.72. The first-order valence-corrected chi connectivity index (χ1v) is 5.17. The van der Waals surface area contributed by atoms with Crippen LogP contribution < -0.4 is 5.73 Å². The van der Waals surface area contributed by atoms with Gasteiger partial charge in [0, 0.05) is 0 Å². The Balaban J connectivity index is 2.20. The van der Waals surface area contributed by atoms with Crippen LogP contribution in [0.2, 0.25) is 0 Å². The Kier molecular flexibility index (Phi) is 2.95. The number of rotatable bonds is 4. The summed E-state index contributed by atoms with van der Waals surface area (Å²) in [4.78, 5) is 8.12. The number of hydrogen-bond donors (Lipinski definition) is 2. The molecule has 0 aliphatic rings. The van der Waals surface area contributed by atoms with Gasteiger partial charge in [-0.3, -0.25) is 5.10 Å². The van der Waals surface area contributed by atoms with Crippen molar-refractivity contribution in [1.82, 2.24) is 25.3 Å². The molecule has 16 heavy (non-hydrogen) atoms. The molecule has 0 bridgehead atoms. The van der Waals surface area contributed by atoms with Crippen molar-refractivity contribution < 1.29 is 4.52 Å². The summed E-state index contributed by atoms with van der Waals surface area (Å²) in [6.45, 7) is 4.11. The number of nitrogens with zero attached hydrogens (tertiary/aromatic N) is 4. The Morgan fingerprint density at radius 2 is 2.38 bits per heavy atom. The molecule has 0 aliphatic carbocycles. The van der Waals surface area contributed by atoms with Crippen molar-refractivity contribution in [3.8, 4) is 11.6 Å². The summed E-state index contributed by atoms with van der Waals surface area (Å²) in [6, 6.07) is -0.242. The van der Waals surface area contributed by atoms with Gasteiger partial charge >= 0.3 is 0 Å². The van der Waals surface area contributed by atoms with Crippen LogP contribution in [0.15, 0.2) is 10.9 Å². The summed E-state index contributed by atoms with van der Waals surface area (Å²) in [7, 11) is 0. The van der Waals surface area contributed by atoms with Gasteiger partial charge in [0.25, 0.3) is 0 Å². The van der Waals surface area contributed by atoms with Gasteiger partial charge in [0.2, 0.25) is 11.7 Å². The lowest BCUT2D eigenvalue weighted by Gasteiger charge is -2.12. The Bertz CT molecular complexity index is 437. The second kappa shape index (κ2) is 4.40. The topological polar surface area (TPSA) is 107 Å². The minimum atomic E-state index is -0.242. The van der Waals surface area contributed by atoms with Crippen molar-refractivity contribution in [3.63, 3.8) is 0 Å². The van der Waals surface area contributed by atoms with Crippen LogP contribution in [0.3, 0.4) is 0 Å². The van der Waals surface area contributed by atoms with Crippen LogP contribution in [0.25, 0.3) is 11.6 Å². The minimum Gasteiger partial charge on any atom is -0.337 e. The molecule has 0 amide bonds. The maximum absolute atomic E-state index is 5.97. The molecule has 0 saturated carbocycles. The number of aromatic amines is 1. The van der Waals surface area contributed by atoms with E-state index < -0.39 is 0 Å². The van der Waals surface area contributed by atoms with Crippen LogP contribution in [0.5, 0.6) is 0 Å². The molecule has 2 rings (SSSR count). The van der Waals surface area contributed by atoms with E-state index in [1.807, 2.05) is 6.92 Å². The molecule has 2 aromatic rings. The SMILES string of the molecule is CCC(C)[C@H](N)c1nc(-c2ncn[nH]2)no1. The quantitative estimate of drug-likeness (QED) is 0.795. The van der Waals surface area contributed by atoms with Gasteiger partial charge in [-0.1, -0.05) is 25.4 Å². The standard InChI is InChI=1S/C9H14N6O/c1-3-5(2)6(10)9-13-8(15-16-9)7-11-4-12-14-7/h4-6H,3,10H2,1-2H3,(H,11,12,14)/t5?,6-/m0/s1. The third kappa shape index (κ3) is 1.94. The van der Waals surface area contributed by atoms with Crippen molar-refractivity contribution in [2.24, 2.45) is 11.7 Å². The largest absolute Gasteiger partial charge is 0.337 e. The van der Waals surface area contributed by atoms with E-state index in [4.69, 9.17) is 10.3 Å². The monoisotopic (exact) mass is 222 g/mol. The summed E-state index contributed by atoms with van der Waals surface area (Å²) >= 11 is 0. The van der Waals surface area contributed by atoms with E-state index in [9.17, 15) is 0 Å². The van der Waals surface area contributed by atoms with Crippen molar-refractivity contribution in [1.29, 1.82) is 0 Å². The van der Waals surface area contributed by atoms with Crippen LogP contribution in [0, 0.1) is 5.92 Å². The number of nitrogens with two attached hydrogens (primary N) is 1. The zero-order valence-electron chi connectivity index (χ0n) is 9.21. The maximum atomic E-state index is 5.97. The predicted molar refractivity (Wildman–Crippen MR) is 56.1 cm³/mol. The minimum absolute atomic E-state index is 0.242. The molecule has 2 atom stereocenters. The zero-order chi connectivity index (χ0) is 11.5. The van der Waals surface area contributed by atoms with Gasteiger partial charge in [0.15, 0.2) is 5.82 Å². The molecule has 0 saturated heterocycles. The first-order valence-electron chi connectivity index (χ1n) is 5.17. The van der Waals surface area contributed by atoms with Crippen LogP contribution in [0.4, 0.5) is 0 Å². The summed E-state index contributed by atoms with van der Waals surface area (Å²) in [5.41, 5.74) is 5.97. The van der Waals surface area contributed by atoms with Gasteiger partial charge in [0.05, 0.1) is 6.04 Å². The fourth-order valence-electron chi connectivity index (χ4n) is 1.28. The second-order valence-corrected chi connectivity index (χ2v) is 3.70. The lowest BCUT2D eigenvalue weighted by Crippen LogP contribution is -2.18. The molecule has 0 aliphatic heterocycles.